The van der Waals surface area contributed by atoms with E-state index in [0.29, 0.717) is 44.4 Å². The van der Waals surface area contributed by atoms with Crippen molar-refractivity contribution in [3.05, 3.63) is 29.7 Å². The van der Waals surface area contributed by atoms with E-state index in [9.17, 15) is 17.2 Å². The normalized spacial score (nSPS) is 17.3. The van der Waals surface area contributed by atoms with Crippen LogP contribution >= 0.6 is 20.7 Å². The van der Waals surface area contributed by atoms with Crippen molar-refractivity contribution >= 4 is 35.3 Å². The lowest BCUT2D eigenvalue weighted by atomic mass is 10.3. The Bertz CT molecular complexity index is 912. The predicted molar refractivity (Wildman–Crippen MR) is 104 cm³/mol. The summed E-state index contributed by atoms with van der Waals surface area (Å²) in [7, 11) is -3.19. The zero-order chi connectivity index (χ0) is 19.7. The summed E-state index contributed by atoms with van der Waals surface area (Å²) in [4.78, 5) is 6.09. The summed E-state index contributed by atoms with van der Waals surface area (Å²) < 4.78 is 53.8. The summed E-state index contributed by atoms with van der Waals surface area (Å²) in [5, 5.41) is 11.5. The van der Waals surface area contributed by atoms with Crippen molar-refractivity contribution < 1.29 is 17.2 Å². The van der Waals surface area contributed by atoms with Crippen LogP contribution in [0.4, 0.5) is 8.78 Å². The Balaban J connectivity index is 1.71. The van der Waals surface area contributed by atoms with Crippen LogP contribution in [0, 0.1) is 0 Å². The number of tetrazole rings is 1. The van der Waals surface area contributed by atoms with Crippen LogP contribution in [-0.4, -0.2) is 79.8 Å². The molecule has 1 saturated heterocycles. The van der Waals surface area contributed by atoms with Crippen LogP contribution in [0.1, 0.15) is 11.4 Å². The van der Waals surface area contributed by atoms with Gasteiger partial charge in [-0.2, -0.15) is 17.8 Å². The molecule has 0 atom stereocenters. The Morgan fingerprint density at radius 3 is 2.52 bits per heavy atom. The molecular weight excluding hydrogens is 495 g/mol. The molecule has 2 aromatic rings. The van der Waals surface area contributed by atoms with Crippen molar-refractivity contribution in [1.29, 1.82) is 0 Å². The van der Waals surface area contributed by atoms with E-state index in [0.717, 1.165) is 6.20 Å². The van der Waals surface area contributed by atoms with E-state index >= 15 is 0 Å². The number of hydrogen-bond donors (Lipinski definition) is 0. The molecule has 1 fully saturated rings. The largest absolute Gasteiger partial charge is 0.317 e. The lowest BCUT2D eigenvalue weighted by molar-refractivity contribution is 0.127. The second-order valence-corrected chi connectivity index (χ2v) is 10.1. The summed E-state index contributed by atoms with van der Waals surface area (Å²) in [5.74, 6) is 0.839. The fourth-order valence-electron chi connectivity index (χ4n) is 2.66. The SMILES string of the molecule is C=IC(F)(F)c1ccc(-n2nnnc2CN2CCN(S(C)(=O)=O)CC2)nc1. The number of sulfonamides is 1. The summed E-state index contributed by atoms with van der Waals surface area (Å²) in [6.45, 7) is 2.29. The maximum absolute atomic E-state index is 13.7. The molecule has 2 aromatic heterocycles. The number of nitrogens with zero attached hydrogens (tertiary/aromatic N) is 7. The fraction of sp³-hybridized carbons (Fsp3) is 0.500. The highest BCUT2D eigenvalue weighted by Gasteiger charge is 2.29. The number of piperazine rings is 1. The second-order valence-electron chi connectivity index (χ2n) is 5.98. The Morgan fingerprint density at radius 1 is 1.26 bits per heavy atom. The first-order valence-electron chi connectivity index (χ1n) is 7.90. The standard InChI is InChI=1S/C14H18F2IN7O2S/c1-17-14(15,16)11-3-4-12(18-9-11)24-13(19-20-21-24)10-22-5-7-23(8-6-22)27(2,25)26/h3-4,9H,1,5-8,10H2,2H3. The summed E-state index contributed by atoms with van der Waals surface area (Å²) in [6, 6.07) is 2.76. The van der Waals surface area contributed by atoms with Crippen LogP contribution < -0.4 is 0 Å². The minimum atomic E-state index is -3.19. The Morgan fingerprint density at radius 2 is 1.96 bits per heavy atom. The van der Waals surface area contributed by atoms with Gasteiger partial charge in [0.1, 0.15) is 0 Å². The molecule has 0 unspecified atom stereocenters. The van der Waals surface area contributed by atoms with E-state index in [-0.39, 0.29) is 5.56 Å². The van der Waals surface area contributed by atoms with Gasteiger partial charge in [0, 0.05) is 37.9 Å². The number of hydrogen-bond acceptors (Lipinski definition) is 7. The molecule has 1 aliphatic heterocycles. The molecule has 27 heavy (non-hydrogen) atoms. The molecule has 0 saturated carbocycles. The van der Waals surface area contributed by atoms with Gasteiger partial charge in [0.2, 0.25) is 10.0 Å². The van der Waals surface area contributed by atoms with Gasteiger partial charge in [-0.3, -0.25) is 4.90 Å². The van der Waals surface area contributed by atoms with E-state index in [4.69, 9.17) is 0 Å². The van der Waals surface area contributed by atoms with Gasteiger partial charge in [-0.25, -0.2) is 13.4 Å². The smallest absolute Gasteiger partial charge is 0.293 e. The third-order valence-electron chi connectivity index (χ3n) is 4.16. The molecule has 0 bridgehead atoms. The van der Waals surface area contributed by atoms with Crippen molar-refractivity contribution in [2.45, 2.75) is 10.5 Å². The zero-order valence-corrected chi connectivity index (χ0v) is 17.4. The lowest BCUT2D eigenvalue weighted by Crippen LogP contribution is -2.48. The van der Waals surface area contributed by atoms with Gasteiger partial charge in [-0.15, -0.1) is 5.10 Å². The molecule has 148 valence electrons. The minimum Gasteiger partial charge on any atom is -0.293 e. The van der Waals surface area contributed by atoms with Crippen LogP contribution in [0.2, 0.25) is 0 Å². The van der Waals surface area contributed by atoms with Gasteiger partial charge in [-0.05, 0) is 43.3 Å². The number of rotatable bonds is 6. The van der Waals surface area contributed by atoms with Gasteiger partial charge in [0.15, 0.2) is 11.6 Å². The van der Waals surface area contributed by atoms with Crippen molar-refractivity contribution in [2.75, 3.05) is 32.4 Å². The maximum Gasteiger partial charge on any atom is 0.317 e. The Hall–Kier alpha value is -1.45. The lowest BCUT2D eigenvalue weighted by Gasteiger charge is -2.32. The van der Waals surface area contributed by atoms with Gasteiger partial charge in [0.05, 0.1) is 12.8 Å². The quantitative estimate of drug-likeness (QED) is 0.412. The van der Waals surface area contributed by atoms with Crippen LogP contribution in [0.3, 0.4) is 0 Å². The molecule has 0 N–H and O–H groups in total. The number of aromatic nitrogens is 5. The van der Waals surface area contributed by atoms with Crippen LogP contribution in [0.5, 0.6) is 0 Å². The van der Waals surface area contributed by atoms with Gasteiger partial charge >= 0.3 is 3.93 Å². The van der Waals surface area contributed by atoms with E-state index in [1.807, 2.05) is 4.90 Å². The molecular formula is C14H18F2IN7O2S. The highest BCUT2D eigenvalue weighted by Crippen LogP contribution is 2.38. The molecule has 3 heterocycles. The van der Waals surface area contributed by atoms with E-state index in [1.54, 1.807) is 0 Å². The number of pyridine rings is 1. The van der Waals surface area contributed by atoms with E-state index in [2.05, 4.69) is 25.0 Å². The molecule has 13 heteroatoms. The fourth-order valence-corrected chi connectivity index (χ4v) is 4.24. The Kier molecular flexibility index (Phi) is 5.93. The third kappa shape index (κ3) is 4.70. The molecule has 9 nitrogen and oxygen atoms in total. The van der Waals surface area contributed by atoms with Crippen LogP contribution in [0.25, 0.3) is 5.82 Å². The van der Waals surface area contributed by atoms with Crippen molar-refractivity contribution in [3.8, 4) is 5.82 Å². The average molecular weight is 513 g/mol. The van der Waals surface area contributed by atoms with Gasteiger partial charge in [0.25, 0.3) is 0 Å². The van der Waals surface area contributed by atoms with Crippen LogP contribution in [-0.2, 0) is 20.5 Å². The molecule has 0 aliphatic carbocycles. The third-order valence-corrected chi connectivity index (χ3v) is 7.04. The first kappa shape index (κ1) is 20.3. The summed E-state index contributed by atoms with van der Waals surface area (Å²) in [5.41, 5.74) is -0.166. The van der Waals surface area contributed by atoms with Gasteiger partial charge in [-0.1, -0.05) is 4.51 Å². The molecule has 0 amide bonds. The zero-order valence-electron chi connectivity index (χ0n) is 14.5. The minimum absolute atomic E-state index is 0.166. The van der Waals surface area contributed by atoms with Crippen molar-refractivity contribution in [1.82, 2.24) is 34.4 Å². The van der Waals surface area contributed by atoms with E-state index < -0.39 is 34.7 Å². The summed E-state index contributed by atoms with van der Waals surface area (Å²) >= 11 is -1.53. The first-order valence-corrected chi connectivity index (χ1v) is 12.3. The molecule has 1 aliphatic rings. The second kappa shape index (κ2) is 7.89. The molecule has 0 spiro atoms. The Labute approximate surface area is 165 Å². The highest BCUT2D eigenvalue weighted by atomic mass is 127. The van der Waals surface area contributed by atoms with Crippen molar-refractivity contribution in [3.63, 3.8) is 0 Å². The average Bonchev–Trinajstić information content (AvgIpc) is 3.09. The molecule has 3 rings (SSSR count). The highest BCUT2D eigenvalue weighted by molar-refractivity contribution is 14.2. The van der Waals surface area contributed by atoms with E-state index in [1.165, 1.54) is 27.4 Å². The predicted octanol–water partition coefficient (Wildman–Crippen LogP) is 0.586. The molecule has 0 aromatic carbocycles. The van der Waals surface area contributed by atoms with Crippen molar-refractivity contribution in [2.24, 2.45) is 0 Å². The maximum atomic E-state index is 13.7. The monoisotopic (exact) mass is 513 g/mol. The topological polar surface area (TPSA) is 97.1 Å². The van der Waals surface area contributed by atoms with Crippen LogP contribution in [0.15, 0.2) is 18.3 Å². The number of halogens is 3. The van der Waals surface area contributed by atoms with Gasteiger partial charge < -0.3 is 0 Å². The molecule has 0 radical (unpaired) electrons. The number of alkyl halides is 3. The summed E-state index contributed by atoms with van der Waals surface area (Å²) in [6.07, 6.45) is 2.31. The first-order chi connectivity index (χ1) is 12.7.